The number of rotatable bonds is 4. The molecule has 1 heterocycles. The van der Waals surface area contributed by atoms with Gasteiger partial charge >= 0.3 is 6.03 Å². The Bertz CT molecular complexity index is 803. The van der Waals surface area contributed by atoms with Crippen molar-refractivity contribution in [3.05, 3.63) is 30.1 Å². The molecule has 1 aromatic rings. The minimum Gasteiger partial charge on any atom is -0.323 e. The van der Waals surface area contributed by atoms with Crippen LogP contribution in [0.1, 0.15) is 19.3 Å². The summed E-state index contributed by atoms with van der Waals surface area (Å²) in [7, 11) is -3.96. The molecule has 1 saturated heterocycles. The molecular formula is C14H15BrFN3O4S. The lowest BCUT2D eigenvalue weighted by Gasteiger charge is -2.30. The van der Waals surface area contributed by atoms with Crippen LogP contribution in [0.2, 0.25) is 0 Å². The Morgan fingerprint density at radius 1 is 1.38 bits per heavy atom. The van der Waals surface area contributed by atoms with E-state index in [1.807, 2.05) is 0 Å². The molecule has 0 aromatic heterocycles. The van der Waals surface area contributed by atoms with Gasteiger partial charge in [-0.15, -0.1) is 3.33 Å². The summed E-state index contributed by atoms with van der Waals surface area (Å²) in [5, 5.41) is 4.84. The van der Waals surface area contributed by atoms with Gasteiger partial charge in [-0.2, -0.15) is 0 Å². The molecule has 10 heteroatoms. The third-order valence-corrected chi connectivity index (χ3v) is 7.46. The van der Waals surface area contributed by atoms with E-state index in [0.717, 1.165) is 15.5 Å². The molecule has 0 radical (unpaired) electrons. The van der Waals surface area contributed by atoms with Gasteiger partial charge in [0.25, 0.3) is 15.9 Å². The summed E-state index contributed by atoms with van der Waals surface area (Å²) in [6, 6.07) is 4.12. The number of halogens is 2. The van der Waals surface area contributed by atoms with Crippen LogP contribution >= 0.6 is 16.1 Å². The van der Waals surface area contributed by atoms with Crippen LogP contribution in [0.3, 0.4) is 0 Å². The van der Waals surface area contributed by atoms with Crippen molar-refractivity contribution in [3.8, 4) is 0 Å². The van der Waals surface area contributed by atoms with Crippen molar-refractivity contribution in [2.75, 3.05) is 6.54 Å². The highest BCUT2D eigenvalue weighted by Crippen LogP contribution is 2.39. The number of imide groups is 1. The summed E-state index contributed by atoms with van der Waals surface area (Å²) < 4.78 is 39.3. The quantitative estimate of drug-likeness (QED) is 0.570. The monoisotopic (exact) mass is 419 g/mol. The van der Waals surface area contributed by atoms with Crippen molar-refractivity contribution in [1.82, 2.24) is 14.0 Å². The van der Waals surface area contributed by atoms with Crippen molar-refractivity contribution in [3.63, 3.8) is 0 Å². The highest BCUT2D eigenvalue weighted by Gasteiger charge is 2.55. The van der Waals surface area contributed by atoms with E-state index in [2.05, 4.69) is 26.8 Å². The van der Waals surface area contributed by atoms with Gasteiger partial charge in [-0.05, 0) is 31.0 Å². The molecule has 130 valence electrons. The van der Waals surface area contributed by atoms with Crippen molar-refractivity contribution in [2.45, 2.75) is 29.7 Å². The van der Waals surface area contributed by atoms with E-state index in [1.54, 1.807) is 0 Å². The maximum absolute atomic E-state index is 13.3. The first-order valence-electron chi connectivity index (χ1n) is 7.33. The number of benzene rings is 1. The first-order chi connectivity index (χ1) is 11.3. The summed E-state index contributed by atoms with van der Waals surface area (Å²) in [6.45, 7) is -0.0213. The Balaban J connectivity index is 1.83. The molecule has 1 aliphatic carbocycles. The van der Waals surface area contributed by atoms with Crippen LogP contribution in [0, 0.1) is 11.7 Å². The third-order valence-electron chi connectivity index (χ3n) is 4.51. The molecule has 2 aliphatic rings. The van der Waals surface area contributed by atoms with Gasteiger partial charge in [0.05, 0.1) is 4.90 Å². The van der Waals surface area contributed by atoms with Crippen molar-refractivity contribution in [2.24, 2.45) is 5.92 Å². The van der Waals surface area contributed by atoms with Gasteiger partial charge in [0.1, 0.15) is 11.4 Å². The van der Waals surface area contributed by atoms with E-state index in [0.29, 0.717) is 19.3 Å². The van der Waals surface area contributed by atoms with Gasteiger partial charge in [-0.1, -0.05) is 12.5 Å². The molecule has 2 atom stereocenters. The summed E-state index contributed by atoms with van der Waals surface area (Å²) in [4.78, 5) is 23.4. The number of sulfonamides is 1. The topological polar surface area (TPSA) is 95.6 Å². The number of urea groups is 1. The zero-order chi connectivity index (χ0) is 17.5. The number of carbonyl (C=O) groups excluding carboxylic acids is 2. The Labute approximate surface area is 147 Å². The zero-order valence-electron chi connectivity index (χ0n) is 12.5. The van der Waals surface area contributed by atoms with Gasteiger partial charge in [0, 0.05) is 28.6 Å². The second-order valence-electron chi connectivity index (χ2n) is 5.90. The Morgan fingerprint density at radius 3 is 2.75 bits per heavy atom. The van der Waals surface area contributed by atoms with Crippen molar-refractivity contribution in [1.29, 1.82) is 0 Å². The molecule has 3 amide bonds. The van der Waals surface area contributed by atoms with E-state index in [4.69, 9.17) is 0 Å². The Morgan fingerprint density at radius 2 is 2.12 bits per heavy atom. The molecule has 1 saturated carbocycles. The normalized spacial score (nSPS) is 26.9. The molecule has 1 aromatic carbocycles. The van der Waals surface area contributed by atoms with Gasteiger partial charge < -0.3 is 5.32 Å². The fourth-order valence-corrected chi connectivity index (χ4v) is 5.27. The lowest BCUT2D eigenvalue weighted by Crippen LogP contribution is -2.52. The Kier molecular flexibility index (Phi) is 4.39. The largest absolute Gasteiger partial charge is 0.323 e. The second kappa shape index (κ2) is 6.08. The van der Waals surface area contributed by atoms with E-state index < -0.39 is 33.3 Å². The predicted molar refractivity (Wildman–Crippen MR) is 86.0 cm³/mol. The van der Waals surface area contributed by atoms with Crippen LogP contribution in [-0.2, 0) is 14.8 Å². The Hall–Kier alpha value is -1.52. The molecule has 1 spiro atoms. The van der Waals surface area contributed by atoms with Gasteiger partial charge in [-0.3, -0.25) is 10.1 Å². The molecule has 7 nitrogen and oxygen atoms in total. The lowest BCUT2D eigenvalue weighted by atomic mass is 9.87. The summed E-state index contributed by atoms with van der Waals surface area (Å²) >= 11 is 3.01. The number of hydrogen-bond donors (Lipinski definition) is 2. The van der Waals surface area contributed by atoms with Crippen LogP contribution in [0.15, 0.2) is 29.2 Å². The van der Waals surface area contributed by atoms with E-state index >= 15 is 0 Å². The molecule has 0 bridgehead atoms. The van der Waals surface area contributed by atoms with Crippen LogP contribution in [0.5, 0.6) is 0 Å². The molecule has 3 rings (SSSR count). The molecule has 1 aliphatic heterocycles. The highest BCUT2D eigenvalue weighted by molar-refractivity contribution is 9.08. The maximum Gasteiger partial charge on any atom is 0.322 e. The van der Waals surface area contributed by atoms with Gasteiger partial charge in [0.15, 0.2) is 0 Å². The van der Waals surface area contributed by atoms with Gasteiger partial charge in [0.2, 0.25) is 0 Å². The molecule has 2 N–H and O–H groups in total. The molecule has 2 unspecified atom stereocenters. The minimum atomic E-state index is -3.96. The van der Waals surface area contributed by atoms with Crippen LogP contribution in [0.4, 0.5) is 9.18 Å². The molecule has 2 fully saturated rings. The predicted octanol–water partition coefficient (Wildman–Crippen LogP) is 1.50. The number of carbonyl (C=O) groups is 2. The second-order valence-corrected chi connectivity index (χ2v) is 9.09. The fourth-order valence-electron chi connectivity index (χ4n) is 3.31. The summed E-state index contributed by atoms with van der Waals surface area (Å²) in [5.74, 6) is -1.47. The van der Waals surface area contributed by atoms with E-state index in [9.17, 15) is 22.4 Å². The average Bonchev–Trinajstić information content (AvgIpc) is 3.03. The highest BCUT2D eigenvalue weighted by atomic mass is 79.9. The third kappa shape index (κ3) is 2.82. The molecular weight excluding hydrogens is 405 g/mol. The number of nitrogens with zero attached hydrogens (tertiary/aromatic N) is 1. The van der Waals surface area contributed by atoms with Crippen LogP contribution in [-0.4, -0.2) is 35.8 Å². The SMILES string of the molecule is O=C1NC(=O)C2(CCCC2CN(Br)S(=O)(=O)c2cccc(F)c2)N1. The first kappa shape index (κ1) is 17.3. The number of hydrogen-bond acceptors (Lipinski definition) is 4. The zero-order valence-corrected chi connectivity index (χ0v) is 14.9. The van der Waals surface area contributed by atoms with Crippen LogP contribution < -0.4 is 10.6 Å². The van der Waals surface area contributed by atoms with Crippen molar-refractivity contribution < 1.29 is 22.4 Å². The smallest absolute Gasteiger partial charge is 0.322 e. The van der Waals surface area contributed by atoms with E-state index in [-0.39, 0.29) is 17.4 Å². The fraction of sp³-hybridized carbons (Fsp3) is 0.429. The standard InChI is InChI=1S/C14H15BrFN3O4S/c15-19(24(22,23)11-5-1-4-10(16)7-11)8-9-3-2-6-14(9)12(20)17-13(21)18-14/h1,4-5,7,9H,2-3,6,8H2,(H2,17,18,20,21). The summed E-state index contributed by atoms with van der Waals surface area (Å²) in [5.41, 5.74) is -1.08. The number of amides is 3. The first-order valence-corrected chi connectivity index (χ1v) is 9.48. The van der Waals surface area contributed by atoms with Gasteiger partial charge in [-0.25, -0.2) is 17.6 Å². The summed E-state index contributed by atoms with van der Waals surface area (Å²) in [6.07, 6.45) is 1.74. The minimum absolute atomic E-state index is 0.0213. The van der Waals surface area contributed by atoms with Crippen molar-refractivity contribution >= 4 is 38.1 Å². The van der Waals surface area contributed by atoms with E-state index in [1.165, 1.54) is 12.1 Å². The molecule has 24 heavy (non-hydrogen) atoms. The maximum atomic E-state index is 13.3. The lowest BCUT2D eigenvalue weighted by molar-refractivity contribution is -0.125. The van der Waals surface area contributed by atoms with Crippen LogP contribution in [0.25, 0.3) is 0 Å². The number of nitrogens with one attached hydrogen (secondary N) is 2. The average molecular weight is 420 g/mol.